The summed E-state index contributed by atoms with van der Waals surface area (Å²) in [5, 5.41) is 82.7. The SMILES string of the molecule is CCCCCCCCCCCCCCCCCCCC(=O)O[C@H](COC(=O)CCCCCCCCCCCCCCCCC)COP(=O)(O)OO[C@H]1[C@H](O)[C@H](O)[C@@H](O)[C@H](O)[C@H]1O[C@H]1O[C@H](CO)[C@@H](O)[C@H](O)[C@H]1O. The normalized spacial score (nSPS) is 26.6. The fourth-order valence-corrected chi connectivity index (χ4v) is 9.95. The Bertz CT molecular complexity index is 1410. The minimum absolute atomic E-state index is 0.0461. The van der Waals surface area contributed by atoms with Crippen molar-refractivity contribution in [2.75, 3.05) is 19.8 Å². The number of phosphoric acid groups is 1. The first-order chi connectivity index (χ1) is 35.2. The van der Waals surface area contributed by atoms with E-state index in [0.717, 1.165) is 51.4 Å². The number of aliphatic hydroxyl groups is 8. The quantitative estimate of drug-likeness (QED) is 0.00922. The van der Waals surface area contributed by atoms with Gasteiger partial charge < -0.3 is 64.7 Å². The van der Waals surface area contributed by atoms with Gasteiger partial charge in [-0.3, -0.25) is 14.1 Å². The van der Waals surface area contributed by atoms with E-state index in [-0.39, 0.29) is 12.8 Å². The van der Waals surface area contributed by atoms with Crippen LogP contribution in [0.2, 0.25) is 0 Å². The van der Waals surface area contributed by atoms with Gasteiger partial charge in [0.15, 0.2) is 18.5 Å². The summed E-state index contributed by atoms with van der Waals surface area (Å²) < 4.78 is 44.6. The van der Waals surface area contributed by atoms with Gasteiger partial charge in [0.05, 0.1) is 13.2 Å². The largest absolute Gasteiger partial charge is 0.499 e. The molecule has 0 bridgehead atoms. The van der Waals surface area contributed by atoms with Crippen LogP contribution in [-0.2, 0) is 47.2 Å². The van der Waals surface area contributed by atoms with E-state index in [0.29, 0.717) is 12.8 Å². The predicted molar refractivity (Wildman–Crippen MR) is 274 cm³/mol. The molecule has 0 spiro atoms. The van der Waals surface area contributed by atoms with E-state index in [4.69, 9.17) is 28.4 Å². The van der Waals surface area contributed by atoms with Crippen LogP contribution in [0.1, 0.15) is 232 Å². The van der Waals surface area contributed by atoms with Crippen LogP contribution in [0, 0.1) is 0 Å². The van der Waals surface area contributed by atoms with E-state index >= 15 is 0 Å². The van der Waals surface area contributed by atoms with Gasteiger partial charge in [-0.1, -0.05) is 206 Å². The summed E-state index contributed by atoms with van der Waals surface area (Å²) in [6.07, 6.45) is 14.8. The number of ether oxygens (including phenoxy) is 4. The molecule has 2 rings (SSSR count). The van der Waals surface area contributed by atoms with Crippen LogP contribution < -0.4 is 0 Å². The molecule has 1 saturated carbocycles. The first-order valence-electron chi connectivity index (χ1n) is 28.5. The number of phosphoric ester groups is 1. The number of hydrogen-bond donors (Lipinski definition) is 9. The molecule has 1 aliphatic carbocycles. The van der Waals surface area contributed by atoms with E-state index in [9.17, 15) is 59.9 Å². The van der Waals surface area contributed by atoms with Crippen molar-refractivity contribution >= 4 is 19.8 Å². The Balaban J connectivity index is 1.86. The number of rotatable bonds is 46. The highest BCUT2D eigenvalue weighted by Gasteiger charge is 2.54. The molecule has 1 aliphatic heterocycles. The summed E-state index contributed by atoms with van der Waals surface area (Å²) in [6, 6.07) is 0. The molecule has 1 unspecified atom stereocenters. The second-order valence-corrected chi connectivity index (χ2v) is 21.9. The zero-order valence-corrected chi connectivity index (χ0v) is 45.5. The van der Waals surface area contributed by atoms with E-state index < -0.39 is 113 Å². The van der Waals surface area contributed by atoms with E-state index in [1.54, 1.807) is 0 Å². The van der Waals surface area contributed by atoms with Gasteiger partial charge in [0.2, 0.25) is 0 Å². The number of aliphatic hydroxyl groups excluding tert-OH is 8. The molecule has 0 aromatic heterocycles. The third-order valence-electron chi connectivity index (χ3n) is 14.1. The highest BCUT2D eigenvalue weighted by Crippen LogP contribution is 2.45. The van der Waals surface area contributed by atoms with Crippen molar-refractivity contribution in [3.63, 3.8) is 0 Å². The Morgan fingerprint density at radius 3 is 1.26 bits per heavy atom. The Labute approximate surface area is 436 Å². The van der Waals surface area contributed by atoms with E-state index in [2.05, 4.69) is 18.5 Å². The molecule has 13 atom stereocenters. The molecule has 19 nitrogen and oxygen atoms in total. The second kappa shape index (κ2) is 41.7. The van der Waals surface area contributed by atoms with Crippen LogP contribution in [0.15, 0.2) is 0 Å². The lowest BCUT2D eigenvalue weighted by atomic mass is 9.84. The Hall–Kier alpha value is -1.39. The third kappa shape index (κ3) is 29.8. The van der Waals surface area contributed by atoms with Crippen LogP contribution >= 0.6 is 7.82 Å². The lowest BCUT2D eigenvalue weighted by molar-refractivity contribution is -0.375. The molecule has 2 aliphatic rings. The molecule has 73 heavy (non-hydrogen) atoms. The van der Waals surface area contributed by atoms with Crippen molar-refractivity contribution in [1.29, 1.82) is 0 Å². The zero-order valence-electron chi connectivity index (χ0n) is 44.6. The van der Waals surface area contributed by atoms with Crippen LogP contribution in [0.4, 0.5) is 0 Å². The molecule has 2 fully saturated rings. The fraction of sp³-hybridized carbons (Fsp3) is 0.962. The monoisotopic (exact) mass is 1070 g/mol. The summed E-state index contributed by atoms with van der Waals surface area (Å²) in [4.78, 5) is 41.3. The fourth-order valence-electron chi connectivity index (χ4n) is 9.34. The standard InChI is InChI=1S/C53H101O19P/c1-3-5-7-9-11-13-15-17-19-20-22-24-26-28-30-32-34-36-43(56)68-40(38-66-42(55)35-33-31-29-27-25-23-21-18-16-14-12-10-8-6-4-2)39-67-73(64,65)72-71-52-49(62)47(60)46(59)48(61)51(52)70-53-50(63)45(58)44(57)41(37-54)69-53/h40-41,44-54,57-63H,3-39H2,1-2H3,(H,64,65)/t40-,41-,44-,45+,46-,47-,48+,49-,50-,51-,52+,53-/m1/s1. The Kier molecular flexibility index (Phi) is 38.7. The van der Waals surface area contributed by atoms with Gasteiger partial charge in [0.1, 0.15) is 61.5 Å². The molecule has 0 amide bonds. The Morgan fingerprint density at radius 1 is 0.479 bits per heavy atom. The first kappa shape index (κ1) is 67.7. The summed E-state index contributed by atoms with van der Waals surface area (Å²) in [5.41, 5.74) is 0. The van der Waals surface area contributed by atoms with Gasteiger partial charge in [0, 0.05) is 12.8 Å². The van der Waals surface area contributed by atoms with Gasteiger partial charge in [-0.15, -0.1) is 4.67 Å². The molecule has 432 valence electrons. The summed E-state index contributed by atoms with van der Waals surface area (Å²) in [6.45, 7) is 2.30. The number of unbranched alkanes of at least 4 members (excludes halogenated alkanes) is 30. The molecule has 0 aromatic rings. The van der Waals surface area contributed by atoms with Gasteiger partial charge in [-0.05, 0) is 12.8 Å². The van der Waals surface area contributed by atoms with Crippen molar-refractivity contribution in [3.8, 4) is 0 Å². The van der Waals surface area contributed by atoms with E-state index in [1.807, 2.05) is 0 Å². The van der Waals surface area contributed by atoms with Crippen molar-refractivity contribution < 1.29 is 92.9 Å². The highest BCUT2D eigenvalue weighted by atomic mass is 31.2. The van der Waals surface area contributed by atoms with Gasteiger partial charge in [-0.25, -0.2) is 9.45 Å². The van der Waals surface area contributed by atoms with Crippen LogP contribution in [0.5, 0.6) is 0 Å². The lowest BCUT2D eigenvalue weighted by Gasteiger charge is -2.46. The first-order valence-corrected chi connectivity index (χ1v) is 30.0. The van der Waals surface area contributed by atoms with Gasteiger partial charge >= 0.3 is 19.8 Å². The van der Waals surface area contributed by atoms with Crippen LogP contribution in [0.25, 0.3) is 0 Å². The van der Waals surface area contributed by atoms with E-state index in [1.165, 1.54) is 141 Å². The van der Waals surface area contributed by atoms with Gasteiger partial charge in [0.25, 0.3) is 0 Å². The molecular formula is C53H101O19P. The number of carbonyl (C=O) groups excluding carboxylic acids is 2. The summed E-state index contributed by atoms with van der Waals surface area (Å²) >= 11 is 0. The van der Waals surface area contributed by atoms with Crippen LogP contribution in [-0.4, -0.2) is 151 Å². The summed E-state index contributed by atoms with van der Waals surface area (Å²) in [5.74, 6) is -1.19. The molecule has 9 N–H and O–H groups in total. The number of esters is 2. The molecule has 0 aromatic carbocycles. The topological polar surface area (TPSA) is 298 Å². The molecule has 0 radical (unpaired) electrons. The smallest absolute Gasteiger partial charge is 0.462 e. The lowest BCUT2D eigenvalue weighted by Crippen LogP contribution is -2.67. The van der Waals surface area contributed by atoms with Crippen molar-refractivity contribution in [2.24, 2.45) is 0 Å². The molecular weight excluding hydrogens is 972 g/mol. The van der Waals surface area contributed by atoms with Gasteiger partial charge in [-0.2, -0.15) is 0 Å². The highest BCUT2D eigenvalue weighted by molar-refractivity contribution is 7.47. The average molecular weight is 1070 g/mol. The predicted octanol–water partition coefficient (Wildman–Crippen LogP) is 7.82. The minimum atomic E-state index is -5.33. The number of hydrogen-bond acceptors (Lipinski definition) is 18. The molecule has 1 saturated heterocycles. The second-order valence-electron chi connectivity index (χ2n) is 20.6. The maximum Gasteiger partial charge on any atom is 0.499 e. The maximum absolute atomic E-state index is 13.1. The summed E-state index contributed by atoms with van der Waals surface area (Å²) in [7, 11) is -5.33. The van der Waals surface area contributed by atoms with Crippen molar-refractivity contribution in [3.05, 3.63) is 0 Å². The minimum Gasteiger partial charge on any atom is -0.462 e. The molecule has 20 heteroatoms. The van der Waals surface area contributed by atoms with Crippen molar-refractivity contribution in [1.82, 2.24) is 0 Å². The number of carbonyl (C=O) groups is 2. The third-order valence-corrected chi connectivity index (χ3v) is 14.8. The van der Waals surface area contributed by atoms with Crippen molar-refractivity contribution in [2.45, 2.75) is 306 Å². The zero-order chi connectivity index (χ0) is 53.7. The van der Waals surface area contributed by atoms with Crippen LogP contribution in [0.3, 0.4) is 0 Å². The average Bonchev–Trinajstić information content (AvgIpc) is 3.37. The Morgan fingerprint density at radius 2 is 0.849 bits per heavy atom. The maximum atomic E-state index is 13.1. The molecule has 1 heterocycles.